The van der Waals surface area contributed by atoms with Crippen molar-refractivity contribution in [3.05, 3.63) is 12.7 Å². The van der Waals surface area contributed by atoms with Crippen molar-refractivity contribution < 1.29 is 9.84 Å². The van der Waals surface area contributed by atoms with Crippen LogP contribution in [0, 0.1) is 17.3 Å². The number of allylic oxidation sites excluding steroid dienone is 1. The molecule has 1 saturated heterocycles. The first-order chi connectivity index (χ1) is 12.7. The number of nitrogens with zero attached hydrogens (tertiary/aromatic N) is 2. The normalized spacial score (nSPS) is 33.5. The van der Waals surface area contributed by atoms with Crippen LogP contribution in [0.15, 0.2) is 17.8 Å². The van der Waals surface area contributed by atoms with E-state index in [0.717, 1.165) is 32.4 Å². The molecule has 3 atom stereocenters. The number of ether oxygens (including phenoxy) is 1. The van der Waals surface area contributed by atoms with Gasteiger partial charge in [-0.1, -0.05) is 31.8 Å². The SMILES string of the molecule is C=C[C@@H](C1CCCCC1)[C@]1(CO)CCCC/C1=N\N1CCC[C@H]1COC. The topological polar surface area (TPSA) is 45.1 Å². The third-order valence-electron chi connectivity index (χ3n) is 7.15. The first kappa shape index (κ1) is 19.9. The van der Waals surface area contributed by atoms with E-state index in [1.807, 2.05) is 0 Å². The van der Waals surface area contributed by atoms with Gasteiger partial charge < -0.3 is 9.84 Å². The smallest absolute Gasteiger partial charge is 0.0704 e. The van der Waals surface area contributed by atoms with E-state index in [0.29, 0.717) is 17.9 Å². The maximum absolute atomic E-state index is 10.6. The molecule has 1 N–H and O–H groups in total. The Bertz CT molecular complexity index is 487. The van der Waals surface area contributed by atoms with Gasteiger partial charge in [0.15, 0.2) is 0 Å². The first-order valence-electron chi connectivity index (χ1n) is 10.8. The molecule has 2 saturated carbocycles. The third-order valence-corrected chi connectivity index (χ3v) is 7.15. The number of hydrogen-bond donors (Lipinski definition) is 1. The van der Waals surface area contributed by atoms with Gasteiger partial charge in [-0.25, -0.2) is 0 Å². The molecule has 4 nitrogen and oxygen atoms in total. The van der Waals surface area contributed by atoms with Crippen LogP contribution < -0.4 is 0 Å². The third kappa shape index (κ3) is 4.01. The van der Waals surface area contributed by atoms with Crippen molar-refractivity contribution in [2.24, 2.45) is 22.4 Å². The molecule has 2 aliphatic carbocycles. The Kier molecular flexibility index (Phi) is 7.16. The maximum atomic E-state index is 10.6. The average molecular weight is 363 g/mol. The minimum atomic E-state index is -0.192. The lowest BCUT2D eigenvalue weighted by Gasteiger charge is -2.46. The van der Waals surface area contributed by atoms with Crippen LogP contribution >= 0.6 is 0 Å². The summed E-state index contributed by atoms with van der Waals surface area (Å²) in [6, 6.07) is 0.391. The summed E-state index contributed by atoms with van der Waals surface area (Å²) in [6.07, 6.45) is 15.5. The van der Waals surface area contributed by atoms with E-state index in [1.54, 1.807) is 7.11 Å². The summed E-state index contributed by atoms with van der Waals surface area (Å²) in [5.41, 5.74) is 1.05. The molecular formula is C22H38N2O2. The molecule has 0 aromatic carbocycles. The molecule has 0 aromatic rings. The predicted octanol–water partition coefficient (Wildman–Crippen LogP) is 4.39. The zero-order valence-corrected chi connectivity index (χ0v) is 16.7. The van der Waals surface area contributed by atoms with Crippen LogP contribution in [0.5, 0.6) is 0 Å². The van der Waals surface area contributed by atoms with Gasteiger partial charge in [0.25, 0.3) is 0 Å². The van der Waals surface area contributed by atoms with E-state index in [4.69, 9.17) is 9.84 Å². The molecule has 0 spiro atoms. The summed E-state index contributed by atoms with van der Waals surface area (Å²) in [6.45, 7) is 6.19. The minimum Gasteiger partial charge on any atom is -0.395 e. The molecule has 1 heterocycles. The Morgan fingerprint density at radius 3 is 2.73 bits per heavy atom. The van der Waals surface area contributed by atoms with Crippen LogP contribution in [0.3, 0.4) is 0 Å². The van der Waals surface area contributed by atoms with Crippen molar-refractivity contribution in [1.82, 2.24) is 5.01 Å². The van der Waals surface area contributed by atoms with Crippen LogP contribution in [-0.2, 0) is 4.74 Å². The lowest BCUT2D eigenvalue weighted by molar-refractivity contribution is 0.0757. The number of hydrogen-bond acceptors (Lipinski definition) is 4. The lowest BCUT2D eigenvalue weighted by Crippen LogP contribution is -2.48. The second kappa shape index (κ2) is 9.36. The Labute approximate surface area is 159 Å². The molecule has 26 heavy (non-hydrogen) atoms. The highest BCUT2D eigenvalue weighted by atomic mass is 16.5. The number of hydrazone groups is 1. The molecule has 0 bridgehead atoms. The Morgan fingerprint density at radius 2 is 2.04 bits per heavy atom. The number of aliphatic hydroxyl groups is 1. The largest absolute Gasteiger partial charge is 0.395 e. The van der Waals surface area contributed by atoms with E-state index in [9.17, 15) is 5.11 Å². The quantitative estimate of drug-likeness (QED) is 0.683. The van der Waals surface area contributed by atoms with Gasteiger partial charge in [-0.3, -0.25) is 5.01 Å². The van der Waals surface area contributed by atoms with Crippen LogP contribution in [0.2, 0.25) is 0 Å². The van der Waals surface area contributed by atoms with Crippen LogP contribution in [-0.4, -0.2) is 48.7 Å². The second-order valence-corrected chi connectivity index (χ2v) is 8.64. The summed E-state index contributed by atoms with van der Waals surface area (Å²) < 4.78 is 5.41. The first-order valence-corrected chi connectivity index (χ1v) is 10.8. The lowest BCUT2D eigenvalue weighted by atomic mass is 9.59. The Morgan fingerprint density at radius 1 is 1.23 bits per heavy atom. The van der Waals surface area contributed by atoms with Gasteiger partial charge in [-0.15, -0.1) is 6.58 Å². The van der Waals surface area contributed by atoms with E-state index < -0.39 is 0 Å². The van der Waals surface area contributed by atoms with Crippen molar-refractivity contribution in [2.75, 3.05) is 26.9 Å². The van der Waals surface area contributed by atoms with E-state index >= 15 is 0 Å². The fourth-order valence-electron chi connectivity index (χ4n) is 5.74. The van der Waals surface area contributed by atoms with Gasteiger partial charge in [-0.05, 0) is 56.8 Å². The molecular weight excluding hydrogens is 324 g/mol. The Balaban J connectivity index is 1.88. The molecule has 148 valence electrons. The van der Waals surface area contributed by atoms with Gasteiger partial charge in [0.05, 0.1) is 19.3 Å². The summed E-state index contributed by atoms with van der Waals surface area (Å²) in [7, 11) is 1.78. The second-order valence-electron chi connectivity index (χ2n) is 8.64. The van der Waals surface area contributed by atoms with Gasteiger partial charge in [0, 0.05) is 24.8 Å². The molecule has 4 heteroatoms. The van der Waals surface area contributed by atoms with Crippen molar-refractivity contribution in [2.45, 2.75) is 76.7 Å². The van der Waals surface area contributed by atoms with E-state index in [1.165, 1.54) is 57.1 Å². The molecule has 1 aliphatic heterocycles. The molecule has 0 aromatic heterocycles. The highest BCUT2D eigenvalue weighted by Gasteiger charge is 2.46. The van der Waals surface area contributed by atoms with Gasteiger partial charge in [0.2, 0.25) is 0 Å². The minimum absolute atomic E-state index is 0.192. The molecule has 0 radical (unpaired) electrons. The summed E-state index contributed by atoms with van der Waals surface area (Å²) in [5.74, 6) is 1.01. The maximum Gasteiger partial charge on any atom is 0.0704 e. The summed E-state index contributed by atoms with van der Waals surface area (Å²) >= 11 is 0. The molecule has 3 aliphatic rings. The standard InChI is InChI=1S/C22H38N2O2/c1-3-20(18-10-5-4-6-11-18)22(17-25)14-8-7-13-21(22)23-24-15-9-12-19(24)16-26-2/h3,18-20,25H,1,4-17H2,2H3/b23-21+/t19-,20-,22+/m0/s1. The van der Waals surface area contributed by atoms with Gasteiger partial charge >= 0.3 is 0 Å². The number of aliphatic hydroxyl groups excluding tert-OH is 1. The fraction of sp³-hybridized carbons (Fsp3) is 0.864. The zero-order valence-electron chi connectivity index (χ0n) is 16.7. The van der Waals surface area contributed by atoms with Crippen LogP contribution in [0.4, 0.5) is 0 Å². The van der Waals surface area contributed by atoms with Gasteiger partial charge in [0.1, 0.15) is 0 Å². The van der Waals surface area contributed by atoms with Crippen LogP contribution in [0.25, 0.3) is 0 Å². The van der Waals surface area contributed by atoms with Gasteiger partial charge in [-0.2, -0.15) is 5.10 Å². The molecule has 3 rings (SSSR count). The van der Waals surface area contributed by atoms with Crippen molar-refractivity contribution in [3.63, 3.8) is 0 Å². The van der Waals surface area contributed by atoms with E-state index in [2.05, 4.69) is 17.7 Å². The van der Waals surface area contributed by atoms with Crippen LogP contribution in [0.1, 0.15) is 70.6 Å². The zero-order chi connectivity index (χ0) is 18.4. The monoisotopic (exact) mass is 362 g/mol. The summed E-state index contributed by atoms with van der Waals surface area (Å²) in [5, 5.41) is 18.1. The highest BCUT2D eigenvalue weighted by Crippen LogP contribution is 2.48. The summed E-state index contributed by atoms with van der Waals surface area (Å²) in [4.78, 5) is 0. The predicted molar refractivity (Wildman–Crippen MR) is 107 cm³/mol. The fourth-order valence-corrected chi connectivity index (χ4v) is 5.74. The average Bonchev–Trinajstić information content (AvgIpc) is 3.12. The Hall–Kier alpha value is -0.870. The van der Waals surface area contributed by atoms with Crippen molar-refractivity contribution in [1.29, 1.82) is 0 Å². The van der Waals surface area contributed by atoms with Crippen molar-refractivity contribution >= 4 is 5.71 Å². The highest BCUT2D eigenvalue weighted by molar-refractivity contribution is 5.91. The number of rotatable bonds is 7. The number of methoxy groups -OCH3 is 1. The molecule has 3 fully saturated rings. The van der Waals surface area contributed by atoms with Crippen molar-refractivity contribution in [3.8, 4) is 0 Å². The van der Waals surface area contributed by atoms with E-state index in [-0.39, 0.29) is 12.0 Å². The molecule has 0 unspecified atom stereocenters. The molecule has 0 amide bonds.